The van der Waals surface area contributed by atoms with E-state index in [1.807, 2.05) is 0 Å². The van der Waals surface area contributed by atoms with Crippen molar-refractivity contribution in [3.63, 3.8) is 0 Å². The van der Waals surface area contributed by atoms with Crippen molar-refractivity contribution in [1.29, 1.82) is 0 Å². The highest BCUT2D eigenvalue weighted by Crippen LogP contribution is 2.43. The maximum Gasteiger partial charge on any atom is 0.459 e. The van der Waals surface area contributed by atoms with Crippen LogP contribution in [0.2, 0.25) is 5.02 Å². The molecule has 0 unspecified atom stereocenters. The predicted octanol–water partition coefficient (Wildman–Crippen LogP) is 4.09. The Labute approximate surface area is 164 Å². The molecule has 1 aromatic heterocycles. The Morgan fingerprint density at radius 1 is 1.21 bits per heavy atom. The van der Waals surface area contributed by atoms with Gasteiger partial charge >= 0.3 is 18.1 Å². The fraction of sp³-hybridized carbons (Fsp3) is 0.294. The van der Waals surface area contributed by atoms with Crippen molar-refractivity contribution in [3.05, 3.63) is 45.1 Å². The van der Waals surface area contributed by atoms with Crippen molar-refractivity contribution in [3.8, 4) is 29.8 Å². The summed E-state index contributed by atoms with van der Waals surface area (Å²) in [6, 6.07) is 0.597. The van der Waals surface area contributed by atoms with Gasteiger partial charge in [0.2, 0.25) is 0 Å². The number of hydrogen-bond acceptors (Lipinski definition) is 4. The molecule has 12 heteroatoms. The zero-order chi connectivity index (χ0) is 22.0. The first kappa shape index (κ1) is 22.4. The number of nitrogens with zero attached hydrogens (tertiary/aromatic N) is 2. The molecule has 0 fully saturated rings. The maximum absolute atomic E-state index is 14.4. The van der Waals surface area contributed by atoms with Crippen LogP contribution in [0.4, 0.5) is 26.3 Å². The van der Waals surface area contributed by atoms with Gasteiger partial charge in [-0.15, -0.1) is 6.42 Å². The Morgan fingerprint density at radius 3 is 2.41 bits per heavy atom. The summed E-state index contributed by atoms with van der Waals surface area (Å²) in [4.78, 5) is 15.4. The Bertz CT molecular complexity index is 1010. The van der Waals surface area contributed by atoms with Gasteiger partial charge in [0.05, 0.1) is 17.3 Å². The van der Waals surface area contributed by atoms with E-state index in [0.29, 0.717) is 4.57 Å². The SMILES string of the molecule is C#CCOc1cc(-n2c(OCC)nc(C(F)(F)C(F)(F)F)cc2=O)c(F)cc1Cl. The zero-order valence-corrected chi connectivity index (χ0v) is 15.2. The standard InChI is InChI=1S/C17H11ClF6N2O3/c1-3-5-29-12-7-11(10(19)6-9(12)18)26-14(27)8-13(25-15(26)28-4-2)16(20,21)17(22,23)24/h1,6-8H,4-5H2,2H3. The first-order valence-corrected chi connectivity index (χ1v) is 8.09. The molecule has 0 spiro atoms. The summed E-state index contributed by atoms with van der Waals surface area (Å²) < 4.78 is 89.9. The molecular formula is C17H11ClF6N2O3. The molecule has 0 N–H and O–H groups in total. The van der Waals surface area contributed by atoms with E-state index < -0.39 is 40.9 Å². The van der Waals surface area contributed by atoms with Crippen LogP contribution in [0.25, 0.3) is 5.69 Å². The third-order valence-corrected chi connectivity index (χ3v) is 3.69. The number of terminal acetylenes is 1. The molecule has 0 aliphatic carbocycles. The maximum atomic E-state index is 14.4. The van der Waals surface area contributed by atoms with Crippen LogP contribution in [0.1, 0.15) is 12.6 Å². The van der Waals surface area contributed by atoms with Gasteiger partial charge in [0.15, 0.2) is 0 Å². The summed E-state index contributed by atoms with van der Waals surface area (Å²) >= 11 is 5.81. The highest BCUT2D eigenvalue weighted by Gasteiger charge is 2.60. The Hall–Kier alpha value is -2.87. The molecule has 29 heavy (non-hydrogen) atoms. The second-order valence-corrected chi connectivity index (χ2v) is 5.74. The summed E-state index contributed by atoms with van der Waals surface area (Å²) in [6.07, 6.45) is -0.965. The van der Waals surface area contributed by atoms with Crippen molar-refractivity contribution in [2.45, 2.75) is 19.0 Å². The normalized spacial score (nSPS) is 11.8. The van der Waals surface area contributed by atoms with Crippen LogP contribution in [0.3, 0.4) is 0 Å². The number of halogens is 7. The lowest BCUT2D eigenvalue weighted by Crippen LogP contribution is -2.37. The quantitative estimate of drug-likeness (QED) is 0.501. The third kappa shape index (κ3) is 4.42. The van der Waals surface area contributed by atoms with Gasteiger partial charge in [0, 0.05) is 12.1 Å². The molecule has 0 aliphatic rings. The molecule has 156 valence electrons. The van der Waals surface area contributed by atoms with Gasteiger partial charge in [-0.1, -0.05) is 17.5 Å². The fourth-order valence-electron chi connectivity index (χ4n) is 2.13. The van der Waals surface area contributed by atoms with Gasteiger partial charge in [-0.2, -0.15) is 26.9 Å². The van der Waals surface area contributed by atoms with E-state index in [0.717, 1.165) is 12.1 Å². The number of ether oxygens (including phenoxy) is 2. The highest BCUT2D eigenvalue weighted by atomic mass is 35.5. The lowest BCUT2D eigenvalue weighted by Gasteiger charge is -2.21. The summed E-state index contributed by atoms with van der Waals surface area (Å²) in [5.41, 5.74) is -3.95. The Kier molecular flexibility index (Phi) is 6.37. The molecule has 0 saturated heterocycles. The Balaban J connectivity index is 2.74. The molecule has 1 heterocycles. The van der Waals surface area contributed by atoms with Crippen molar-refractivity contribution < 1.29 is 35.8 Å². The van der Waals surface area contributed by atoms with E-state index in [4.69, 9.17) is 27.5 Å². The van der Waals surface area contributed by atoms with Gasteiger partial charge in [0.1, 0.15) is 23.9 Å². The molecular weight excluding hydrogens is 430 g/mol. The second-order valence-electron chi connectivity index (χ2n) is 5.33. The monoisotopic (exact) mass is 440 g/mol. The average Bonchev–Trinajstić information content (AvgIpc) is 2.61. The molecule has 2 rings (SSSR count). The summed E-state index contributed by atoms with van der Waals surface area (Å²) in [6.45, 7) is 0.806. The van der Waals surface area contributed by atoms with E-state index in [-0.39, 0.29) is 30.1 Å². The van der Waals surface area contributed by atoms with Crippen molar-refractivity contribution in [2.24, 2.45) is 0 Å². The third-order valence-electron chi connectivity index (χ3n) is 3.39. The lowest BCUT2D eigenvalue weighted by molar-refractivity contribution is -0.291. The number of benzene rings is 1. The first-order chi connectivity index (χ1) is 13.4. The number of hydrogen-bond donors (Lipinski definition) is 0. The lowest BCUT2D eigenvalue weighted by atomic mass is 10.2. The van der Waals surface area contributed by atoms with Gasteiger partial charge in [-0.3, -0.25) is 4.79 Å². The van der Waals surface area contributed by atoms with Gasteiger partial charge in [-0.05, 0) is 13.0 Å². The number of rotatable bonds is 6. The van der Waals surface area contributed by atoms with Crippen LogP contribution in [-0.4, -0.2) is 28.9 Å². The van der Waals surface area contributed by atoms with Crippen LogP contribution in [0.5, 0.6) is 11.8 Å². The van der Waals surface area contributed by atoms with Gasteiger partial charge < -0.3 is 9.47 Å². The number of aromatic nitrogens is 2. The topological polar surface area (TPSA) is 53.4 Å². The van der Waals surface area contributed by atoms with E-state index >= 15 is 0 Å². The van der Waals surface area contributed by atoms with Crippen LogP contribution < -0.4 is 15.0 Å². The van der Waals surface area contributed by atoms with Gasteiger partial charge in [-0.25, -0.2) is 8.96 Å². The predicted molar refractivity (Wildman–Crippen MR) is 90.2 cm³/mol. The van der Waals surface area contributed by atoms with Crippen LogP contribution in [0, 0.1) is 18.2 Å². The molecule has 0 amide bonds. The van der Waals surface area contributed by atoms with E-state index in [2.05, 4.69) is 10.9 Å². The van der Waals surface area contributed by atoms with E-state index in [9.17, 15) is 31.1 Å². The molecule has 0 saturated carbocycles. The molecule has 1 aromatic carbocycles. The van der Waals surface area contributed by atoms with E-state index in [1.54, 1.807) is 0 Å². The van der Waals surface area contributed by atoms with E-state index in [1.165, 1.54) is 6.92 Å². The molecule has 0 bridgehead atoms. The molecule has 2 aromatic rings. The highest BCUT2D eigenvalue weighted by molar-refractivity contribution is 6.32. The van der Waals surface area contributed by atoms with Crippen LogP contribution in [0.15, 0.2) is 23.0 Å². The van der Waals surface area contributed by atoms with Crippen molar-refractivity contribution >= 4 is 11.6 Å². The second kappa shape index (κ2) is 8.24. The largest absolute Gasteiger partial charge is 0.479 e. The fourth-order valence-corrected chi connectivity index (χ4v) is 2.34. The number of alkyl halides is 5. The van der Waals surface area contributed by atoms with Crippen LogP contribution >= 0.6 is 11.6 Å². The minimum absolute atomic E-state index is 0.0635. The van der Waals surface area contributed by atoms with Crippen molar-refractivity contribution in [1.82, 2.24) is 9.55 Å². The molecule has 5 nitrogen and oxygen atoms in total. The zero-order valence-electron chi connectivity index (χ0n) is 14.5. The molecule has 0 atom stereocenters. The minimum atomic E-state index is -6.01. The summed E-state index contributed by atoms with van der Waals surface area (Å²) in [5.74, 6) is -4.59. The average molecular weight is 441 g/mol. The van der Waals surface area contributed by atoms with Crippen molar-refractivity contribution in [2.75, 3.05) is 13.2 Å². The smallest absolute Gasteiger partial charge is 0.459 e. The first-order valence-electron chi connectivity index (χ1n) is 7.71. The van der Waals surface area contributed by atoms with Crippen LogP contribution in [-0.2, 0) is 5.92 Å². The summed E-state index contributed by atoms with van der Waals surface area (Å²) in [5, 5.41) is -0.222. The molecule has 0 aliphatic heterocycles. The Morgan fingerprint density at radius 2 is 1.86 bits per heavy atom. The molecule has 0 radical (unpaired) electrons. The van der Waals surface area contributed by atoms with Gasteiger partial charge in [0.25, 0.3) is 5.56 Å². The summed E-state index contributed by atoms with van der Waals surface area (Å²) in [7, 11) is 0. The minimum Gasteiger partial charge on any atom is -0.479 e.